The van der Waals surface area contributed by atoms with Crippen LogP contribution in [-0.4, -0.2) is 66.4 Å². The first-order chi connectivity index (χ1) is 16.1. The zero-order valence-electron chi connectivity index (χ0n) is 22.3. The minimum Gasteiger partial charge on any atom is -0.391 e. The summed E-state index contributed by atoms with van der Waals surface area (Å²) in [5.41, 5.74) is 3.90. The number of Topliss-reactive ketones (excluding diaryl/α,β-unsaturated/α-hetero) is 1. The average molecular weight is 501 g/mol. The molecule has 0 spiro atoms. The Morgan fingerprint density at radius 2 is 1.14 bits per heavy atom. The number of carbonyl (C=O) groups is 3. The third-order valence-corrected chi connectivity index (χ3v) is 9.07. The van der Waals surface area contributed by atoms with Crippen molar-refractivity contribution in [3.05, 3.63) is 68.8 Å². The SMILES string of the molecule is Cc1cc(C)c(C(=O)P(=O)(CCC(=O)C[N+](C)(C)CCO)C(=O)c2c(C)cc(C)cc2C)c(C)c1. The Hall–Kier alpha value is -2.40. The molecule has 0 saturated heterocycles. The Balaban J connectivity index is 2.57. The van der Waals surface area contributed by atoms with Crippen LogP contribution in [0.15, 0.2) is 24.3 Å². The smallest absolute Gasteiger partial charge is 0.229 e. The van der Waals surface area contributed by atoms with Gasteiger partial charge in [-0.2, -0.15) is 0 Å². The zero-order valence-corrected chi connectivity index (χ0v) is 23.2. The molecule has 35 heavy (non-hydrogen) atoms. The topological polar surface area (TPSA) is 88.5 Å². The van der Waals surface area contributed by atoms with Gasteiger partial charge >= 0.3 is 0 Å². The van der Waals surface area contributed by atoms with Gasteiger partial charge in [0.05, 0.1) is 20.7 Å². The normalized spacial score (nSPS) is 12.0. The molecule has 0 aliphatic heterocycles. The molecule has 7 heteroatoms. The van der Waals surface area contributed by atoms with E-state index >= 15 is 0 Å². The lowest BCUT2D eigenvalue weighted by Crippen LogP contribution is -2.45. The molecule has 0 aliphatic rings. The van der Waals surface area contributed by atoms with Gasteiger partial charge in [-0.3, -0.25) is 14.4 Å². The highest BCUT2D eigenvalue weighted by Gasteiger charge is 2.43. The Morgan fingerprint density at radius 3 is 1.49 bits per heavy atom. The Kier molecular flexibility index (Phi) is 9.16. The highest BCUT2D eigenvalue weighted by atomic mass is 31.2. The third-order valence-electron chi connectivity index (χ3n) is 6.45. The molecule has 190 valence electrons. The fourth-order valence-electron chi connectivity index (χ4n) is 4.88. The second-order valence-electron chi connectivity index (χ2n) is 10.5. The van der Waals surface area contributed by atoms with E-state index in [4.69, 9.17) is 0 Å². The molecule has 0 amide bonds. The van der Waals surface area contributed by atoms with Gasteiger partial charge in [-0.15, -0.1) is 0 Å². The van der Waals surface area contributed by atoms with E-state index in [1.807, 2.05) is 52.2 Å². The lowest BCUT2D eigenvalue weighted by molar-refractivity contribution is -0.882. The van der Waals surface area contributed by atoms with Crippen molar-refractivity contribution in [3.63, 3.8) is 0 Å². The maximum absolute atomic E-state index is 14.5. The van der Waals surface area contributed by atoms with Gasteiger partial charge in [0.1, 0.15) is 13.1 Å². The molecule has 0 saturated carbocycles. The summed E-state index contributed by atoms with van der Waals surface area (Å²) in [6.45, 7) is 11.4. The lowest BCUT2D eigenvalue weighted by Gasteiger charge is -2.28. The monoisotopic (exact) mass is 500 g/mol. The van der Waals surface area contributed by atoms with Gasteiger partial charge in [-0.05, 0) is 63.8 Å². The number of aliphatic hydroxyl groups is 1. The number of rotatable bonds is 11. The van der Waals surface area contributed by atoms with Crippen LogP contribution in [0.25, 0.3) is 0 Å². The van der Waals surface area contributed by atoms with Crippen molar-refractivity contribution in [1.29, 1.82) is 0 Å². The first kappa shape index (κ1) is 28.8. The fourth-order valence-corrected chi connectivity index (χ4v) is 7.46. The quantitative estimate of drug-likeness (QED) is 0.350. The largest absolute Gasteiger partial charge is 0.391 e. The molecule has 0 radical (unpaired) electrons. The van der Waals surface area contributed by atoms with Gasteiger partial charge < -0.3 is 14.2 Å². The van der Waals surface area contributed by atoms with E-state index in [1.165, 1.54) is 0 Å². The van der Waals surface area contributed by atoms with Gasteiger partial charge in [0.2, 0.25) is 18.2 Å². The minimum absolute atomic E-state index is 0.0618. The van der Waals surface area contributed by atoms with Crippen LogP contribution in [0.1, 0.15) is 60.5 Å². The summed E-state index contributed by atoms with van der Waals surface area (Å²) in [5, 5.41) is 9.25. The summed E-state index contributed by atoms with van der Waals surface area (Å²) in [6.07, 6.45) is -0.447. The second kappa shape index (κ2) is 11.1. The highest BCUT2D eigenvalue weighted by molar-refractivity contribution is 7.95. The number of hydrogen-bond acceptors (Lipinski definition) is 5. The molecule has 2 aromatic carbocycles. The number of ketones is 1. The fraction of sp³-hybridized carbons (Fsp3) is 0.464. The van der Waals surface area contributed by atoms with Crippen LogP contribution < -0.4 is 0 Å². The van der Waals surface area contributed by atoms with Gasteiger partial charge in [-0.1, -0.05) is 35.4 Å². The van der Waals surface area contributed by atoms with Crippen LogP contribution in [0.5, 0.6) is 0 Å². The maximum atomic E-state index is 14.5. The predicted octanol–water partition coefficient (Wildman–Crippen LogP) is 4.91. The van der Waals surface area contributed by atoms with Gasteiger partial charge in [0.15, 0.2) is 5.78 Å². The molecule has 2 rings (SSSR count). The molecule has 0 aliphatic carbocycles. The van der Waals surface area contributed by atoms with Crippen LogP contribution in [0.3, 0.4) is 0 Å². The Morgan fingerprint density at radius 1 is 0.771 bits per heavy atom. The van der Waals surface area contributed by atoms with Gasteiger partial charge in [0, 0.05) is 23.7 Å². The summed E-state index contributed by atoms with van der Waals surface area (Å²) >= 11 is 0. The molecule has 2 aromatic rings. The van der Waals surface area contributed by atoms with Crippen molar-refractivity contribution < 1.29 is 28.5 Å². The Bertz CT molecular complexity index is 1090. The molecule has 6 nitrogen and oxygen atoms in total. The van der Waals surface area contributed by atoms with Crippen LogP contribution in [0.4, 0.5) is 0 Å². The zero-order chi connectivity index (χ0) is 26.7. The molecular weight excluding hydrogens is 461 g/mol. The van der Waals surface area contributed by atoms with Crippen LogP contribution in [0.2, 0.25) is 0 Å². The molecule has 0 aromatic heterocycles. The average Bonchev–Trinajstić information content (AvgIpc) is 2.69. The highest BCUT2D eigenvalue weighted by Crippen LogP contribution is 2.54. The summed E-state index contributed by atoms with van der Waals surface area (Å²) in [5.74, 6) is -0.195. The van der Waals surface area contributed by atoms with Gasteiger partial charge in [-0.25, -0.2) is 0 Å². The number of benzene rings is 2. The van der Waals surface area contributed by atoms with Crippen LogP contribution in [0, 0.1) is 41.5 Å². The van der Waals surface area contributed by atoms with Crippen molar-refractivity contribution in [2.45, 2.75) is 48.0 Å². The van der Waals surface area contributed by atoms with Gasteiger partial charge in [0.25, 0.3) is 0 Å². The Labute approximate surface area is 209 Å². The van der Waals surface area contributed by atoms with E-state index in [0.29, 0.717) is 39.9 Å². The first-order valence-electron chi connectivity index (χ1n) is 11.9. The molecule has 0 atom stereocenters. The van der Waals surface area contributed by atoms with Crippen molar-refractivity contribution in [2.24, 2.45) is 0 Å². The third kappa shape index (κ3) is 6.63. The van der Waals surface area contributed by atoms with E-state index < -0.39 is 18.2 Å². The lowest BCUT2D eigenvalue weighted by atomic mass is 10.0. The van der Waals surface area contributed by atoms with E-state index in [0.717, 1.165) is 11.1 Å². The van der Waals surface area contributed by atoms with E-state index in [9.17, 15) is 24.1 Å². The van der Waals surface area contributed by atoms with Crippen molar-refractivity contribution in [2.75, 3.05) is 40.0 Å². The van der Waals surface area contributed by atoms with Crippen molar-refractivity contribution >= 4 is 24.0 Å². The summed E-state index contributed by atoms with van der Waals surface area (Å²) < 4.78 is 14.8. The maximum Gasteiger partial charge on any atom is 0.229 e. The molecule has 0 fully saturated rings. The predicted molar refractivity (Wildman–Crippen MR) is 141 cm³/mol. The summed E-state index contributed by atoms with van der Waals surface area (Å²) in [6, 6.07) is 7.38. The van der Waals surface area contributed by atoms with E-state index in [1.54, 1.807) is 27.7 Å². The minimum atomic E-state index is -4.17. The summed E-state index contributed by atoms with van der Waals surface area (Å²) in [7, 11) is -0.530. The van der Waals surface area contributed by atoms with E-state index in [2.05, 4.69) is 0 Å². The standard InChI is InChI=1S/C28H39NO5P/c1-18-13-20(3)25(21(4)14-18)27(32)35(34,12-9-24(31)17-29(7,8)10-11-30)28(33)26-22(5)15-19(2)16-23(26)6/h13-16,30H,9-12,17H2,1-8H3/q+1. The molecule has 1 N–H and O–H groups in total. The molecular formula is C28H39NO5P+. The van der Waals surface area contributed by atoms with Crippen LogP contribution in [-0.2, 0) is 9.36 Å². The number of aryl methyl sites for hydroxylation is 6. The number of aliphatic hydroxyl groups excluding tert-OH is 1. The second-order valence-corrected chi connectivity index (χ2v) is 13.2. The van der Waals surface area contributed by atoms with Crippen molar-refractivity contribution in [1.82, 2.24) is 0 Å². The number of carbonyl (C=O) groups excluding carboxylic acids is 3. The molecule has 0 heterocycles. The molecule has 0 bridgehead atoms. The van der Waals surface area contributed by atoms with Crippen molar-refractivity contribution in [3.8, 4) is 0 Å². The first-order valence-corrected chi connectivity index (χ1v) is 13.8. The number of nitrogens with zero attached hydrogens (tertiary/aromatic N) is 1. The number of quaternary nitrogens is 1. The number of likely N-dealkylation sites (N-methyl/N-ethyl adjacent to an activating group) is 1. The number of hydrogen-bond donors (Lipinski definition) is 1. The molecule has 0 unspecified atom stereocenters. The summed E-state index contributed by atoms with van der Waals surface area (Å²) in [4.78, 5) is 40.6. The van der Waals surface area contributed by atoms with Crippen LogP contribution >= 0.6 is 7.14 Å². The van der Waals surface area contributed by atoms with E-state index in [-0.39, 0.29) is 36.0 Å².